The lowest BCUT2D eigenvalue weighted by molar-refractivity contribution is -0.135. The Bertz CT molecular complexity index is 1410. The number of esters is 2. The van der Waals surface area contributed by atoms with E-state index in [0.29, 0.717) is 0 Å². The van der Waals surface area contributed by atoms with Crippen LogP contribution in [0.4, 0.5) is 0 Å². The van der Waals surface area contributed by atoms with E-state index in [-0.39, 0.29) is 6.79 Å². The number of carbonyl (C=O) groups excluding carboxylic acids is 2. The summed E-state index contributed by atoms with van der Waals surface area (Å²) in [7, 11) is 2.70. The number of benzene rings is 4. The van der Waals surface area contributed by atoms with Gasteiger partial charge < -0.3 is 18.9 Å². The molecule has 35 heavy (non-hydrogen) atoms. The summed E-state index contributed by atoms with van der Waals surface area (Å²) in [6.07, 6.45) is 6.25. The van der Waals surface area contributed by atoms with Gasteiger partial charge in [0, 0.05) is 23.3 Å². The summed E-state index contributed by atoms with van der Waals surface area (Å²) >= 11 is 0. The van der Waals surface area contributed by atoms with Crippen LogP contribution in [0.3, 0.4) is 0 Å². The van der Waals surface area contributed by atoms with Gasteiger partial charge in [0.25, 0.3) is 0 Å². The SMILES string of the molecule is COC(=O)/C=C/c1ccc2c3c(ccc2c1)OCOc1ccc2cc(/C=C/C(=O)OC)ccc2c1-3. The number of hydrogen-bond acceptors (Lipinski definition) is 6. The highest BCUT2D eigenvalue weighted by molar-refractivity contribution is 6.10. The average molecular weight is 466 g/mol. The van der Waals surface area contributed by atoms with E-state index in [1.54, 1.807) is 12.2 Å². The number of carbonyl (C=O) groups is 2. The van der Waals surface area contributed by atoms with Gasteiger partial charge in [0.1, 0.15) is 11.5 Å². The summed E-state index contributed by atoms with van der Waals surface area (Å²) in [5.74, 6) is 0.657. The Balaban J connectivity index is 1.68. The molecule has 6 heteroatoms. The Labute approximate surface area is 202 Å². The quantitative estimate of drug-likeness (QED) is 0.281. The van der Waals surface area contributed by atoms with Crippen molar-refractivity contribution in [1.82, 2.24) is 0 Å². The van der Waals surface area contributed by atoms with Crippen LogP contribution in [0, 0.1) is 0 Å². The topological polar surface area (TPSA) is 71.1 Å². The summed E-state index contributed by atoms with van der Waals surface area (Å²) in [5, 5.41) is 4.02. The van der Waals surface area contributed by atoms with E-state index in [4.69, 9.17) is 9.47 Å². The number of hydrogen-bond donors (Lipinski definition) is 0. The maximum Gasteiger partial charge on any atom is 0.330 e. The molecule has 6 nitrogen and oxygen atoms in total. The number of methoxy groups -OCH3 is 2. The molecule has 0 amide bonds. The van der Waals surface area contributed by atoms with Crippen molar-refractivity contribution in [2.45, 2.75) is 0 Å². The van der Waals surface area contributed by atoms with E-state index in [1.807, 2.05) is 60.7 Å². The molecular formula is C29H22O6. The van der Waals surface area contributed by atoms with Crippen LogP contribution in [-0.2, 0) is 19.1 Å². The predicted octanol–water partition coefficient (Wildman–Crippen LogP) is 5.76. The molecule has 0 fully saturated rings. The molecular weight excluding hydrogens is 444 g/mol. The average Bonchev–Trinajstić information content (AvgIpc) is 3.09. The van der Waals surface area contributed by atoms with Gasteiger partial charge in [-0.05, 0) is 69.1 Å². The molecule has 1 aliphatic heterocycles. The molecule has 1 heterocycles. The maximum absolute atomic E-state index is 11.5. The van der Waals surface area contributed by atoms with Crippen molar-refractivity contribution in [2.24, 2.45) is 0 Å². The smallest absolute Gasteiger partial charge is 0.330 e. The standard InChI is InChI=1S/C29H22O6/c1-32-26(30)13-5-18-3-9-22-20(15-18)7-11-24-28(22)29-23-10-4-19(6-14-27(31)33-2)16-21(23)8-12-25(29)35-17-34-24/h3-16H,17H2,1-2H3/b13-5+,14-6+. The van der Waals surface area contributed by atoms with Crippen molar-refractivity contribution in [3.8, 4) is 22.6 Å². The third kappa shape index (κ3) is 4.34. The fourth-order valence-corrected chi connectivity index (χ4v) is 4.24. The second kappa shape index (κ2) is 9.35. The van der Waals surface area contributed by atoms with Crippen molar-refractivity contribution < 1.29 is 28.5 Å². The summed E-state index contributed by atoms with van der Waals surface area (Å²) in [6, 6.07) is 19.9. The number of rotatable bonds is 4. The Kier molecular flexibility index (Phi) is 5.94. The van der Waals surface area contributed by atoms with E-state index in [1.165, 1.54) is 26.4 Å². The zero-order valence-corrected chi connectivity index (χ0v) is 19.2. The first-order chi connectivity index (χ1) is 17.1. The molecule has 0 spiro atoms. The normalized spacial score (nSPS) is 12.6. The fourth-order valence-electron chi connectivity index (χ4n) is 4.24. The van der Waals surface area contributed by atoms with Gasteiger partial charge in [0.05, 0.1) is 14.2 Å². The molecule has 0 atom stereocenters. The lowest BCUT2D eigenvalue weighted by Crippen LogP contribution is -2.03. The first-order valence-corrected chi connectivity index (χ1v) is 11.0. The van der Waals surface area contributed by atoms with Crippen LogP contribution in [0.5, 0.6) is 11.5 Å². The Morgan fingerprint density at radius 3 is 1.57 bits per heavy atom. The summed E-state index contributed by atoms with van der Waals surface area (Å²) in [4.78, 5) is 23.0. The third-order valence-corrected chi connectivity index (χ3v) is 5.92. The molecule has 0 saturated heterocycles. The van der Waals surface area contributed by atoms with Crippen LogP contribution in [0.2, 0.25) is 0 Å². The lowest BCUT2D eigenvalue weighted by atomic mass is 9.91. The van der Waals surface area contributed by atoms with Gasteiger partial charge in [-0.25, -0.2) is 9.59 Å². The minimum atomic E-state index is -0.404. The predicted molar refractivity (Wildman–Crippen MR) is 135 cm³/mol. The molecule has 0 unspecified atom stereocenters. The van der Waals surface area contributed by atoms with Gasteiger partial charge in [-0.3, -0.25) is 0 Å². The lowest BCUT2D eigenvalue weighted by Gasteiger charge is -2.14. The number of fused-ring (bicyclic) bond motifs is 7. The second-order valence-electron chi connectivity index (χ2n) is 7.96. The molecule has 0 aromatic heterocycles. The highest BCUT2D eigenvalue weighted by Crippen LogP contribution is 2.47. The summed E-state index contributed by atoms with van der Waals surface area (Å²) < 4.78 is 21.3. The van der Waals surface area contributed by atoms with Crippen LogP contribution in [0.25, 0.3) is 44.8 Å². The summed E-state index contributed by atoms with van der Waals surface area (Å²) in [6.45, 7) is 0.108. The van der Waals surface area contributed by atoms with Crippen molar-refractivity contribution in [3.63, 3.8) is 0 Å². The van der Waals surface area contributed by atoms with Gasteiger partial charge in [-0.1, -0.05) is 36.4 Å². The van der Waals surface area contributed by atoms with Crippen LogP contribution < -0.4 is 9.47 Å². The van der Waals surface area contributed by atoms with Gasteiger partial charge >= 0.3 is 11.9 Å². The van der Waals surface area contributed by atoms with E-state index < -0.39 is 11.9 Å². The van der Waals surface area contributed by atoms with E-state index in [9.17, 15) is 9.59 Å². The summed E-state index contributed by atoms with van der Waals surface area (Å²) in [5.41, 5.74) is 3.66. The molecule has 4 aromatic carbocycles. The molecule has 1 aliphatic rings. The van der Waals surface area contributed by atoms with E-state index in [0.717, 1.165) is 55.3 Å². The van der Waals surface area contributed by atoms with Crippen molar-refractivity contribution in [1.29, 1.82) is 0 Å². The van der Waals surface area contributed by atoms with Gasteiger partial charge in [0.15, 0.2) is 0 Å². The van der Waals surface area contributed by atoms with Gasteiger partial charge in [-0.15, -0.1) is 0 Å². The van der Waals surface area contributed by atoms with Gasteiger partial charge in [0.2, 0.25) is 6.79 Å². The molecule has 0 radical (unpaired) electrons. The van der Waals surface area contributed by atoms with E-state index >= 15 is 0 Å². The number of ether oxygens (including phenoxy) is 4. The maximum atomic E-state index is 11.5. The van der Waals surface area contributed by atoms with Crippen molar-refractivity contribution in [3.05, 3.63) is 83.9 Å². The zero-order chi connectivity index (χ0) is 24.4. The molecule has 0 saturated carbocycles. The third-order valence-electron chi connectivity index (χ3n) is 5.92. The largest absolute Gasteiger partial charge is 0.466 e. The Hall–Kier alpha value is -4.58. The fraction of sp³-hybridized carbons (Fsp3) is 0.103. The van der Waals surface area contributed by atoms with E-state index in [2.05, 4.69) is 9.47 Å². The van der Waals surface area contributed by atoms with Crippen LogP contribution in [0.15, 0.2) is 72.8 Å². The first-order valence-electron chi connectivity index (χ1n) is 11.0. The highest BCUT2D eigenvalue weighted by Gasteiger charge is 2.22. The molecule has 5 rings (SSSR count). The molecule has 0 N–H and O–H groups in total. The molecule has 174 valence electrons. The monoisotopic (exact) mass is 466 g/mol. The minimum Gasteiger partial charge on any atom is -0.466 e. The Morgan fingerprint density at radius 1 is 0.686 bits per heavy atom. The zero-order valence-electron chi connectivity index (χ0n) is 19.2. The van der Waals surface area contributed by atoms with Crippen LogP contribution >= 0.6 is 0 Å². The molecule has 0 bridgehead atoms. The highest BCUT2D eigenvalue weighted by atomic mass is 16.7. The van der Waals surface area contributed by atoms with Crippen LogP contribution in [-0.4, -0.2) is 33.0 Å². The Morgan fingerprint density at radius 2 is 1.14 bits per heavy atom. The van der Waals surface area contributed by atoms with Crippen molar-refractivity contribution in [2.75, 3.05) is 21.0 Å². The van der Waals surface area contributed by atoms with Crippen LogP contribution in [0.1, 0.15) is 11.1 Å². The van der Waals surface area contributed by atoms with Crippen molar-refractivity contribution >= 4 is 45.6 Å². The minimum absolute atomic E-state index is 0.108. The van der Waals surface area contributed by atoms with Gasteiger partial charge in [-0.2, -0.15) is 0 Å². The molecule has 0 aliphatic carbocycles. The first kappa shape index (κ1) is 22.2. The molecule has 4 aromatic rings. The second-order valence-corrected chi connectivity index (χ2v) is 7.96.